The maximum Gasteiger partial charge on any atom is 0.287 e. The molecule has 7 heteroatoms. The van der Waals surface area contributed by atoms with Crippen LogP contribution in [0.1, 0.15) is 56.2 Å². The molecular formula is C20H36N4O3. The number of carbonyl (C=O) groups is 1. The Balaban J connectivity index is 2.36. The summed E-state index contributed by atoms with van der Waals surface area (Å²) in [5.41, 5.74) is 0.839. The first kappa shape index (κ1) is 23.0. The van der Waals surface area contributed by atoms with Crippen molar-refractivity contribution in [1.29, 1.82) is 0 Å². The van der Waals surface area contributed by atoms with Gasteiger partial charge in [0.1, 0.15) is 0 Å². The van der Waals surface area contributed by atoms with Crippen LogP contribution in [0, 0.1) is 18.8 Å². The predicted octanol–water partition coefficient (Wildman–Crippen LogP) is 2.31. The van der Waals surface area contributed by atoms with Crippen LogP contribution in [-0.2, 0) is 0 Å². The molecule has 1 unspecified atom stereocenters. The van der Waals surface area contributed by atoms with Crippen molar-refractivity contribution in [2.45, 2.75) is 47.0 Å². The lowest BCUT2D eigenvalue weighted by Gasteiger charge is -2.17. The number of guanidine groups is 1. The molecule has 0 radical (unpaired) electrons. The maximum absolute atomic E-state index is 12.0. The van der Waals surface area contributed by atoms with E-state index in [-0.39, 0.29) is 12.5 Å². The zero-order valence-electron chi connectivity index (χ0n) is 17.2. The van der Waals surface area contributed by atoms with Crippen molar-refractivity contribution in [2.24, 2.45) is 16.8 Å². The van der Waals surface area contributed by atoms with Gasteiger partial charge in [0.05, 0.1) is 6.26 Å². The molecule has 0 saturated heterocycles. The predicted molar refractivity (Wildman–Crippen MR) is 109 cm³/mol. The second kappa shape index (κ2) is 13.2. The number of hydrogen-bond donors (Lipinski definition) is 4. The average Bonchev–Trinajstić information content (AvgIpc) is 3.04. The van der Waals surface area contributed by atoms with E-state index >= 15 is 0 Å². The highest BCUT2D eigenvalue weighted by atomic mass is 16.3. The Morgan fingerprint density at radius 2 is 2.00 bits per heavy atom. The molecule has 0 spiro atoms. The summed E-state index contributed by atoms with van der Waals surface area (Å²) in [6.07, 6.45) is 4.14. The molecule has 154 valence electrons. The van der Waals surface area contributed by atoms with Crippen molar-refractivity contribution in [3.8, 4) is 0 Å². The van der Waals surface area contributed by atoms with Crippen molar-refractivity contribution in [3.63, 3.8) is 0 Å². The number of aliphatic hydroxyl groups is 1. The normalized spacial score (nSPS) is 12.9. The Morgan fingerprint density at radius 1 is 1.26 bits per heavy atom. The Labute approximate surface area is 163 Å². The standard InChI is InChI=1S/C20H36N4O3/c1-5-21-20(24-14-17(7-11-25)13-15(2)3)23-10-6-9-22-19(26)18-16(4)8-12-27-18/h8,12,15,17,25H,5-7,9-11,13-14H2,1-4H3,(H,22,26)(H2,21,23,24). The van der Waals surface area contributed by atoms with Gasteiger partial charge in [-0.25, -0.2) is 0 Å². The van der Waals surface area contributed by atoms with Crippen molar-refractivity contribution in [2.75, 3.05) is 32.8 Å². The lowest BCUT2D eigenvalue weighted by molar-refractivity contribution is 0.0925. The van der Waals surface area contributed by atoms with Gasteiger partial charge >= 0.3 is 0 Å². The van der Waals surface area contributed by atoms with Crippen LogP contribution in [0.25, 0.3) is 0 Å². The molecule has 1 rings (SSSR count). The lowest BCUT2D eigenvalue weighted by Crippen LogP contribution is -2.39. The van der Waals surface area contributed by atoms with Gasteiger partial charge < -0.3 is 25.5 Å². The number of nitrogens with one attached hydrogen (secondary N) is 3. The van der Waals surface area contributed by atoms with Crippen LogP contribution in [0.4, 0.5) is 0 Å². The van der Waals surface area contributed by atoms with Crippen LogP contribution >= 0.6 is 0 Å². The molecule has 0 bridgehead atoms. The van der Waals surface area contributed by atoms with Crippen LogP contribution in [0.5, 0.6) is 0 Å². The molecular weight excluding hydrogens is 344 g/mol. The minimum absolute atomic E-state index is 0.182. The zero-order chi connectivity index (χ0) is 20.1. The molecule has 1 amide bonds. The van der Waals surface area contributed by atoms with Crippen molar-refractivity contribution < 1.29 is 14.3 Å². The van der Waals surface area contributed by atoms with E-state index in [1.165, 1.54) is 6.26 Å². The monoisotopic (exact) mass is 380 g/mol. The second-order valence-electron chi connectivity index (χ2n) is 7.20. The molecule has 0 saturated carbocycles. The number of nitrogens with zero attached hydrogens (tertiary/aromatic N) is 1. The third kappa shape index (κ3) is 9.47. The van der Waals surface area contributed by atoms with E-state index < -0.39 is 0 Å². The number of aliphatic imine (C=N–C) groups is 1. The van der Waals surface area contributed by atoms with Gasteiger partial charge in [-0.3, -0.25) is 9.79 Å². The quantitative estimate of drug-likeness (QED) is 0.253. The van der Waals surface area contributed by atoms with Crippen molar-refractivity contribution in [3.05, 3.63) is 23.7 Å². The molecule has 0 aliphatic heterocycles. The van der Waals surface area contributed by atoms with Gasteiger partial charge in [0.2, 0.25) is 0 Å². The zero-order valence-corrected chi connectivity index (χ0v) is 17.2. The van der Waals surface area contributed by atoms with E-state index in [1.54, 1.807) is 6.07 Å². The summed E-state index contributed by atoms with van der Waals surface area (Å²) >= 11 is 0. The van der Waals surface area contributed by atoms with Crippen LogP contribution in [0.15, 0.2) is 21.7 Å². The first-order valence-corrected chi connectivity index (χ1v) is 9.93. The summed E-state index contributed by atoms with van der Waals surface area (Å²) in [6, 6.07) is 1.78. The Hall–Kier alpha value is -2.02. The molecule has 1 atom stereocenters. The average molecular weight is 381 g/mol. The van der Waals surface area contributed by atoms with Crippen LogP contribution in [0.2, 0.25) is 0 Å². The molecule has 4 N–H and O–H groups in total. The van der Waals surface area contributed by atoms with E-state index in [1.807, 2.05) is 13.8 Å². The lowest BCUT2D eigenvalue weighted by atomic mass is 9.94. The summed E-state index contributed by atoms with van der Waals surface area (Å²) in [5, 5.41) is 18.6. The minimum atomic E-state index is -0.182. The van der Waals surface area contributed by atoms with E-state index in [0.717, 1.165) is 37.3 Å². The highest BCUT2D eigenvalue weighted by Gasteiger charge is 2.12. The number of rotatable bonds is 12. The summed E-state index contributed by atoms with van der Waals surface area (Å²) in [5.74, 6) is 1.95. The van der Waals surface area contributed by atoms with E-state index in [2.05, 4.69) is 34.8 Å². The summed E-state index contributed by atoms with van der Waals surface area (Å²) in [4.78, 5) is 16.6. The molecule has 0 aliphatic rings. The molecule has 7 nitrogen and oxygen atoms in total. The molecule has 0 aromatic carbocycles. The molecule has 1 heterocycles. The first-order valence-electron chi connectivity index (χ1n) is 9.93. The van der Waals surface area contributed by atoms with Gasteiger partial charge in [-0.15, -0.1) is 0 Å². The summed E-state index contributed by atoms with van der Waals surface area (Å²) in [7, 11) is 0. The fourth-order valence-corrected chi connectivity index (χ4v) is 2.88. The Bertz CT molecular complexity index is 569. The largest absolute Gasteiger partial charge is 0.459 e. The van der Waals surface area contributed by atoms with Crippen LogP contribution in [0.3, 0.4) is 0 Å². The smallest absolute Gasteiger partial charge is 0.287 e. The van der Waals surface area contributed by atoms with E-state index in [4.69, 9.17) is 4.42 Å². The molecule has 1 aromatic heterocycles. The SMILES string of the molecule is CCNC(=NCC(CCO)CC(C)C)NCCCNC(=O)c1occc1C. The van der Waals surface area contributed by atoms with E-state index in [9.17, 15) is 9.90 Å². The Morgan fingerprint density at radius 3 is 2.59 bits per heavy atom. The topological polar surface area (TPSA) is 98.9 Å². The molecule has 27 heavy (non-hydrogen) atoms. The number of aliphatic hydroxyl groups excluding tert-OH is 1. The third-order valence-electron chi connectivity index (χ3n) is 4.19. The van der Waals surface area contributed by atoms with Gasteiger partial charge in [0, 0.05) is 38.3 Å². The number of furan rings is 1. The van der Waals surface area contributed by atoms with Crippen LogP contribution < -0.4 is 16.0 Å². The Kier molecular flexibility index (Phi) is 11.2. The van der Waals surface area contributed by atoms with Gasteiger partial charge in [-0.1, -0.05) is 13.8 Å². The highest BCUT2D eigenvalue weighted by Crippen LogP contribution is 2.15. The summed E-state index contributed by atoms with van der Waals surface area (Å²) in [6.45, 7) is 11.2. The molecule has 0 fully saturated rings. The van der Waals surface area contributed by atoms with Gasteiger partial charge in [-0.2, -0.15) is 0 Å². The first-order chi connectivity index (χ1) is 13.0. The van der Waals surface area contributed by atoms with Gasteiger partial charge in [-0.05, 0) is 51.0 Å². The molecule has 0 aliphatic carbocycles. The maximum atomic E-state index is 12.0. The van der Waals surface area contributed by atoms with Crippen molar-refractivity contribution >= 4 is 11.9 Å². The highest BCUT2D eigenvalue weighted by molar-refractivity contribution is 5.92. The number of carbonyl (C=O) groups excluding carboxylic acids is 1. The van der Waals surface area contributed by atoms with Crippen molar-refractivity contribution in [1.82, 2.24) is 16.0 Å². The molecule has 1 aromatic rings. The minimum Gasteiger partial charge on any atom is -0.459 e. The fourth-order valence-electron chi connectivity index (χ4n) is 2.88. The van der Waals surface area contributed by atoms with E-state index in [0.29, 0.717) is 37.2 Å². The number of hydrogen-bond acceptors (Lipinski definition) is 4. The summed E-state index contributed by atoms with van der Waals surface area (Å²) < 4.78 is 5.18. The van der Waals surface area contributed by atoms with Crippen LogP contribution in [-0.4, -0.2) is 49.8 Å². The second-order valence-corrected chi connectivity index (χ2v) is 7.20. The number of amides is 1. The third-order valence-corrected chi connectivity index (χ3v) is 4.19. The van der Waals surface area contributed by atoms with Gasteiger partial charge in [0.15, 0.2) is 11.7 Å². The fraction of sp³-hybridized carbons (Fsp3) is 0.700. The number of aryl methyl sites for hydroxylation is 1. The van der Waals surface area contributed by atoms with Gasteiger partial charge in [0.25, 0.3) is 5.91 Å².